The molecule has 7 nitrogen and oxygen atoms in total. The van der Waals surface area contributed by atoms with Crippen molar-refractivity contribution >= 4 is 22.9 Å². The number of aromatic nitrogens is 2. The number of benzene rings is 2. The van der Waals surface area contributed by atoms with Gasteiger partial charge in [-0.15, -0.1) is 0 Å². The highest BCUT2D eigenvalue weighted by Gasteiger charge is 2.16. The van der Waals surface area contributed by atoms with Gasteiger partial charge in [0.2, 0.25) is 5.88 Å². The summed E-state index contributed by atoms with van der Waals surface area (Å²) >= 11 is 0. The van der Waals surface area contributed by atoms with Gasteiger partial charge < -0.3 is 5.11 Å². The lowest BCUT2D eigenvalue weighted by molar-refractivity contribution is 0.0955. The Bertz CT molecular complexity index is 1310. The number of hydrogen-bond donors (Lipinski definition) is 2. The Morgan fingerprint density at radius 3 is 2.43 bits per heavy atom. The second-order valence-corrected chi connectivity index (χ2v) is 6.68. The Labute approximate surface area is 172 Å². The van der Waals surface area contributed by atoms with Crippen molar-refractivity contribution < 1.29 is 9.90 Å². The summed E-state index contributed by atoms with van der Waals surface area (Å²) in [7, 11) is 0. The Hall–Kier alpha value is -4.26. The van der Waals surface area contributed by atoms with E-state index in [1.165, 1.54) is 12.4 Å². The van der Waals surface area contributed by atoms with Gasteiger partial charge in [-0.05, 0) is 37.3 Å². The number of carbonyl (C=O) groups is 1. The van der Waals surface area contributed by atoms with Crippen LogP contribution in [0.4, 0.5) is 0 Å². The van der Waals surface area contributed by atoms with Gasteiger partial charge in [-0.3, -0.25) is 9.59 Å². The lowest BCUT2D eigenvalue weighted by Gasteiger charge is -2.12. The van der Waals surface area contributed by atoms with E-state index in [1.54, 1.807) is 54.6 Å². The highest BCUT2D eigenvalue weighted by atomic mass is 16.3. The lowest BCUT2D eigenvalue weighted by atomic mass is 10.1. The Morgan fingerprint density at radius 1 is 1.03 bits per heavy atom. The molecule has 0 aliphatic rings. The molecule has 0 spiro atoms. The van der Waals surface area contributed by atoms with Gasteiger partial charge in [-0.2, -0.15) is 5.10 Å². The Morgan fingerprint density at radius 2 is 1.73 bits per heavy atom. The van der Waals surface area contributed by atoms with Crippen molar-refractivity contribution in [3.8, 4) is 11.7 Å². The molecule has 4 aromatic rings. The van der Waals surface area contributed by atoms with E-state index in [0.717, 1.165) is 10.1 Å². The summed E-state index contributed by atoms with van der Waals surface area (Å²) < 4.78 is 1.12. The molecule has 4 rings (SSSR count). The van der Waals surface area contributed by atoms with Crippen molar-refractivity contribution in [2.75, 3.05) is 0 Å². The molecule has 0 unspecified atom stereocenters. The number of pyridine rings is 2. The summed E-state index contributed by atoms with van der Waals surface area (Å²) in [6.45, 7) is 1.93. The second kappa shape index (κ2) is 8.00. The van der Waals surface area contributed by atoms with Gasteiger partial charge >= 0.3 is 0 Å². The van der Waals surface area contributed by atoms with E-state index in [9.17, 15) is 14.7 Å². The first-order valence-electron chi connectivity index (χ1n) is 9.24. The highest BCUT2D eigenvalue weighted by molar-refractivity contribution is 6.02. The third-order valence-electron chi connectivity index (χ3n) is 4.66. The topological polar surface area (TPSA) is 96.6 Å². The molecule has 0 saturated carbocycles. The monoisotopic (exact) mass is 398 g/mol. The summed E-state index contributed by atoms with van der Waals surface area (Å²) in [6.07, 6.45) is 2.86. The first-order valence-corrected chi connectivity index (χ1v) is 9.24. The molecular weight excluding hydrogens is 380 g/mol. The molecule has 30 heavy (non-hydrogen) atoms. The molecule has 148 valence electrons. The van der Waals surface area contributed by atoms with Gasteiger partial charge in [0, 0.05) is 22.5 Å². The zero-order chi connectivity index (χ0) is 21.1. The van der Waals surface area contributed by atoms with Gasteiger partial charge in [-0.1, -0.05) is 42.0 Å². The zero-order valence-electron chi connectivity index (χ0n) is 16.1. The van der Waals surface area contributed by atoms with Crippen LogP contribution < -0.4 is 11.0 Å². The number of amides is 1. The number of aryl methyl sites for hydroxylation is 1. The molecule has 1 amide bonds. The molecule has 2 N–H and O–H groups in total. The second-order valence-electron chi connectivity index (χ2n) is 6.68. The predicted molar refractivity (Wildman–Crippen MR) is 115 cm³/mol. The summed E-state index contributed by atoms with van der Waals surface area (Å²) in [5, 5.41) is 15.8. The van der Waals surface area contributed by atoms with Gasteiger partial charge in [0.25, 0.3) is 11.5 Å². The number of aromatic hydroxyl groups is 1. The van der Waals surface area contributed by atoms with Gasteiger partial charge in [0.05, 0.1) is 11.8 Å². The quantitative estimate of drug-likeness (QED) is 0.408. The van der Waals surface area contributed by atoms with E-state index in [2.05, 4.69) is 15.5 Å². The van der Waals surface area contributed by atoms with Crippen molar-refractivity contribution in [1.82, 2.24) is 15.0 Å². The number of nitrogens with zero attached hydrogens (tertiary/aromatic N) is 3. The smallest absolute Gasteiger partial charge is 0.271 e. The van der Waals surface area contributed by atoms with Crippen LogP contribution in [0.25, 0.3) is 16.6 Å². The van der Waals surface area contributed by atoms with Crippen LogP contribution in [0.15, 0.2) is 82.8 Å². The summed E-state index contributed by atoms with van der Waals surface area (Å²) in [5.74, 6) is -0.414. The maximum Gasteiger partial charge on any atom is 0.271 e. The lowest BCUT2D eigenvalue weighted by Crippen LogP contribution is -2.21. The van der Waals surface area contributed by atoms with E-state index < -0.39 is 5.56 Å². The molecular formula is C23H18N4O3. The number of nitrogens with one attached hydrogen (secondary N) is 1. The SMILES string of the molecule is Cc1ccc(C(=O)N/N=C/c2c(O)n(-c3ccccn3)c(=O)c3ccccc23)cc1. The number of hydrazone groups is 1. The molecule has 0 aliphatic carbocycles. The van der Waals surface area contributed by atoms with Crippen LogP contribution in [-0.2, 0) is 0 Å². The third-order valence-corrected chi connectivity index (χ3v) is 4.66. The molecule has 7 heteroatoms. The van der Waals surface area contributed by atoms with Crippen LogP contribution in [0.2, 0.25) is 0 Å². The first-order chi connectivity index (χ1) is 14.6. The summed E-state index contributed by atoms with van der Waals surface area (Å²) in [5.41, 5.74) is 3.85. The van der Waals surface area contributed by atoms with Crippen molar-refractivity contribution in [1.29, 1.82) is 0 Å². The molecule has 0 aliphatic heterocycles. The van der Waals surface area contributed by atoms with Crippen LogP contribution in [0, 0.1) is 6.92 Å². The van der Waals surface area contributed by atoms with Crippen molar-refractivity contribution in [3.05, 3.63) is 100.0 Å². The Balaban J connectivity index is 1.76. The number of hydrogen-bond acceptors (Lipinski definition) is 5. The van der Waals surface area contributed by atoms with Gasteiger partial charge in [0.15, 0.2) is 0 Å². The fourth-order valence-corrected chi connectivity index (χ4v) is 3.11. The van der Waals surface area contributed by atoms with Crippen molar-refractivity contribution in [3.63, 3.8) is 0 Å². The molecule has 0 radical (unpaired) electrons. The molecule has 0 bridgehead atoms. The predicted octanol–water partition coefficient (Wildman–Crippen LogP) is 3.16. The molecule has 0 atom stereocenters. The molecule has 0 saturated heterocycles. The largest absolute Gasteiger partial charge is 0.494 e. The van der Waals surface area contributed by atoms with Crippen molar-refractivity contribution in [2.45, 2.75) is 6.92 Å². The van der Waals surface area contributed by atoms with Crippen LogP contribution >= 0.6 is 0 Å². The van der Waals surface area contributed by atoms with Gasteiger partial charge in [-0.25, -0.2) is 15.0 Å². The minimum absolute atomic E-state index is 0.282. The Kier molecular flexibility index (Phi) is 5.09. The number of rotatable bonds is 4. The van der Waals surface area contributed by atoms with E-state index in [1.807, 2.05) is 19.1 Å². The molecule has 2 aromatic carbocycles. The molecule has 2 aromatic heterocycles. The average Bonchev–Trinajstić information content (AvgIpc) is 2.77. The van der Waals surface area contributed by atoms with Gasteiger partial charge in [0.1, 0.15) is 5.82 Å². The fraction of sp³-hybridized carbons (Fsp3) is 0.0435. The minimum atomic E-state index is -0.400. The van der Waals surface area contributed by atoms with Crippen molar-refractivity contribution in [2.24, 2.45) is 5.10 Å². The zero-order valence-corrected chi connectivity index (χ0v) is 16.1. The first kappa shape index (κ1) is 19.1. The van der Waals surface area contributed by atoms with Crippen LogP contribution in [-0.4, -0.2) is 26.8 Å². The van der Waals surface area contributed by atoms with E-state index in [4.69, 9.17) is 0 Å². The molecule has 0 fully saturated rings. The molecule has 2 heterocycles. The van der Waals surface area contributed by atoms with Crippen LogP contribution in [0.5, 0.6) is 5.88 Å². The summed E-state index contributed by atoms with van der Waals surface area (Å²) in [4.78, 5) is 29.4. The number of fused-ring (bicyclic) bond motifs is 1. The highest BCUT2D eigenvalue weighted by Crippen LogP contribution is 2.25. The maximum atomic E-state index is 12.9. The van der Waals surface area contributed by atoms with Crippen LogP contribution in [0.3, 0.4) is 0 Å². The maximum absolute atomic E-state index is 12.9. The number of carbonyl (C=O) groups excluding carboxylic acids is 1. The van der Waals surface area contributed by atoms with E-state index >= 15 is 0 Å². The summed E-state index contributed by atoms with van der Waals surface area (Å²) in [6, 6.07) is 19.0. The standard InChI is InChI=1S/C23H18N4O3/c1-15-9-11-16(12-10-15)21(28)26-25-14-19-17-6-2-3-7-18(17)22(29)27(23(19)30)20-8-4-5-13-24-20/h2-14,30H,1H3,(H,26,28)/b25-14+. The fourth-order valence-electron chi connectivity index (χ4n) is 3.11. The van der Waals surface area contributed by atoms with Crippen LogP contribution in [0.1, 0.15) is 21.5 Å². The normalized spacial score (nSPS) is 11.1. The van der Waals surface area contributed by atoms with E-state index in [-0.39, 0.29) is 17.6 Å². The average molecular weight is 398 g/mol. The van der Waals surface area contributed by atoms with E-state index in [0.29, 0.717) is 21.9 Å². The third kappa shape index (κ3) is 3.56. The minimum Gasteiger partial charge on any atom is -0.494 e.